The van der Waals surface area contributed by atoms with Crippen molar-refractivity contribution in [2.75, 3.05) is 6.54 Å². The molecule has 3 N–H and O–H groups in total. The Bertz CT molecular complexity index is 510. The minimum atomic E-state index is -0.622. The van der Waals surface area contributed by atoms with Gasteiger partial charge in [-0.15, -0.1) is 0 Å². The van der Waals surface area contributed by atoms with Crippen LogP contribution in [0.15, 0.2) is 18.2 Å². The van der Waals surface area contributed by atoms with Gasteiger partial charge in [0.15, 0.2) is 0 Å². The molecule has 0 heterocycles. The SMILES string of the molecule is CC(C)(C)NC(=O)CCNC(=O)c1ccc(F)cc1O. The highest BCUT2D eigenvalue weighted by molar-refractivity contribution is 5.96. The zero-order valence-electron chi connectivity index (χ0n) is 11.8. The van der Waals surface area contributed by atoms with Gasteiger partial charge in [0.2, 0.25) is 5.91 Å². The van der Waals surface area contributed by atoms with Gasteiger partial charge in [0.05, 0.1) is 5.56 Å². The molecule has 0 aliphatic heterocycles. The second kappa shape index (κ2) is 6.36. The largest absolute Gasteiger partial charge is 0.507 e. The van der Waals surface area contributed by atoms with Gasteiger partial charge in [-0.3, -0.25) is 9.59 Å². The van der Waals surface area contributed by atoms with Gasteiger partial charge in [0, 0.05) is 24.6 Å². The fourth-order valence-corrected chi connectivity index (χ4v) is 1.56. The molecule has 2 amide bonds. The average Bonchev–Trinajstić information content (AvgIpc) is 2.25. The summed E-state index contributed by atoms with van der Waals surface area (Å²) >= 11 is 0. The molecule has 0 bridgehead atoms. The van der Waals surface area contributed by atoms with E-state index in [0.29, 0.717) is 0 Å². The summed E-state index contributed by atoms with van der Waals surface area (Å²) in [4.78, 5) is 23.2. The van der Waals surface area contributed by atoms with Crippen molar-refractivity contribution in [1.29, 1.82) is 0 Å². The smallest absolute Gasteiger partial charge is 0.255 e. The third kappa shape index (κ3) is 5.26. The third-order valence-corrected chi connectivity index (χ3v) is 2.36. The summed E-state index contributed by atoms with van der Waals surface area (Å²) in [6, 6.07) is 3.14. The van der Waals surface area contributed by atoms with Gasteiger partial charge >= 0.3 is 0 Å². The summed E-state index contributed by atoms with van der Waals surface area (Å²) in [5.41, 5.74) is -0.348. The molecule has 1 aromatic carbocycles. The number of amides is 2. The number of halogens is 1. The number of phenols is 1. The molecular weight excluding hydrogens is 263 g/mol. The van der Waals surface area contributed by atoms with E-state index in [2.05, 4.69) is 10.6 Å². The van der Waals surface area contributed by atoms with Crippen molar-refractivity contribution in [3.63, 3.8) is 0 Å². The van der Waals surface area contributed by atoms with Crippen molar-refractivity contribution >= 4 is 11.8 Å². The summed E-state index contributed by atoms with van der Waals surface area (Å²) < 4.78 is 12.8. The van der Waals surface area contributed by atoms with Crippen molar-refractivity contribution in [2.24, 2.45) is 0 Å². The maximum atomic E-state index is 12.8. The Balaban J connectivity index is 2.46. The zero-order valence-corrected chi connectivity index (χ0v) is 11.8. The van der Waals surface area contributed by atoms with Crippen LogP contribution < -0.4 is 10.6 Å². The van der Waals surface area contributed by atoms with E-state index in [-0.39, 0.29) is 30.0 Å². The Hall–Kier alpha value is -2.11. The normalized spacial score (nSPS) is 11.0. The van der Waals surface area contributed by atoms with Crippen LogP contribution in [-0.4, -0.2) is 29.0 Å². The maximum absolute atomic E-state index is 12.8. The maximum Gasteiger partial charge on any atom is 0.255 e. The Labute approximate surface area is 117 Å². The van der Waals surface area contributed by atoms with Crippen molar-refractivity contribution in [2.45, 2.75) is 32.7 Å². The standard InChI is InChI=1S/C14H19FN2O3/c1-14(2,3)17-12(19)6-7-16-13(20)10-5-4-9(15)8-11(10)18/h4-5,8,18H,6-7H2,1-3H3,(H,16,20)(H,17,19). The second-order valence-corrected chi connectivity index (χ2v) is 5.47. The molecule has 20 heavy (non-hydrogen) atoms. The van der Waals surface area contributed by atoms with Crippen molar-refractivity contribution < 1.29 is 19.1 Å². The van der Waals surface area contributed by atoms with E-state index < -0.39 is 17.5 Å². The number of nitrogens with one attached hydrogen (secondary N) is 2. The lowest BCUT2D eigenvalue weighted by Crippen LogP contribution is -2.41. The quantitative estimate of drug-likeness (QED) is 0.784. The summed E-state index contributed by atoms with van der Waals surface area (Å²) in [5, 5.41) is 14.7. The summed E-state index contributed by atoms with van der Waals surface area (Å²) in [5.74, 6) is -1.78. The Morgan fingerprint density at radius 1 is 1.30 bits per heavy atom. The fourth-order valence-electron chi connectivity index (χ4n) is 1.56. The molecule has 1 aromatic rings. The molecule has 0 fully saturated rings. The fraction of sp³-hybridized carbons (Fsp3) is 0.429. The van der Waals surface area contributed by atoms with Crippen LogP contribution in [-0.2, 0) is 4.79 Å². The van der Waals surface area contributed by atoms with Crippen molar-refractivity contribution in [3.05, 3.63) is 29.6 Å². The molecule has 0 unspecified atom stereocenters. The molecule has 6 heteroatoms. The second-order valence-electron chi connectivity index (χ2n) is 5.47. The Morgan fingerprint density at radius 2 is 1.95 bits per heavy atom. The van der Waals surface area contributed by atoms with Gasteiger partial charge in [0.25, 0.3) is 5.91 Å². The molecule has 0 saturated carbocycles. The number of benzene rings is 1. The van der Waals surface area contributed by atoms with Crippen LogP contribution in [0.5, 0.6) is 5.75 Å². The van der Waals surface area contributed by atoms with Gasteiger partial charge < -0.3 is 15.7 Å². The number of phenolic OH excluding ortho intramolecular Hbond substituents is 1. The molecule has 0 radical (unpaired) electrons. The lowest BCUT2D eigenvalue weighted by molar-refractivity contribution is -0.122. The van der Waals surface area contributed by atoms with E-state index in [1.165, 1.54) is 6.07 Å². The number of aromatic hydroxyl groups is 1. The molecule has 0 aliphatic carbocycles. The highest BCUT2D eigenvalue weighted by Gasteiger charge is 2.15. The number of carbonyl (C=O) groups is 2. The Kier molecular flexibility index (Phi) is 5.07. The molecule has 1 rings (SSSR count). The highest BCUT2D eigenvalue weighted by atomic mass is 19.1. The monoisotopic (exact) mass is 282 g/mol. The first-order valence-corrected chi connectivity index (χ1v) is 6.27. The Morgan fingerprint density at radius 3 is 2.50 bits per heavy atom. The van der Waals surface area contributed by atoms with Gasteiger partial charge in [-0.1, -0.05) is 0 Å². The van der Waals surface area contributed by atoms with E-state index in [9.17, 15) is 19.1 Å². The van der Waals surface area contributed by atoms with E-state index in [4.69, 9.17) is 0 Å². The molecule has 0 aliphatic rings. The van der Waals surface area contributed by atoms with E-state index in [1.807, 2.05) is 20.8 Å². The first-order valence-electron chi connectivity index (χ1n) is 6.27. The highest BCUT2D eigenvalue weighted by Crippen LogP contribution is 2.17. The number of rotatable bonds is 4. The molecule has 0 aromatic heterocycles. The lowest BCUT2D eigenvalue weighted by Gasteiger charge is -2.20. The molecular formula is C14H19FN2O3. The van der Waals surface area contributed by atoms with E-state index >= 15 is 0 Å². The van der Waals surface area contributed by atoms with E-state index in [1.54, 1.807) is 0 Å². The lowest BCUT2D eigenvalue weighted by atomic mass is 10.1. The van der Waals surface area contributed by atoms with Crippen LogP contribution in [0.2, 0.25) is 0 Å². The number of carbonyl (C=O) groups excluding carboxylic acids is 2. The van der Waals surface area contributed by atoms with Crippen molar-refractivity contribution in [3.8, 4) is 5.75 Å². The predicted octanol–water partition coefficient (Wildman–Crippen LogP) is 1.57. The number of hydrogen-bond donors (Lipinski definition) is 3. The molecule has 0 spiro atoms. The van der Waals surface area contributed by atoms with Gasteiger partial charge in [-0.2, -0.15) is 0 Å². The van der Waals surface area contributed by atoms with Crippen LogP contribution in [0.25, 0.3) is 0 Å². The predicted molar refractivity (Wildman–Crippen MR) is 72.9 cm³/mol. The molecule has 0 saturated heterocycles. The topological polar surface area (TPSA) is 78.4 Å². The van der Waals surface area contributed by atoms with Gasteiger partial charge in [-0.05, 0) is 32.9 Å². The van der Waals surface area contributed by atoms with Crippen LogP contribution in [0.4, 0.5) is 4.39 Å². The minimum absolute atomic E-state index is 0.0253. The van der Waals surface area contributed by atoms with Crippen LogP contribution in [0.3, 0.4) is 0 Å². The molecule has 0 atom stereocenters. The first-order chi connectivity index (χ1) is 9.19. The van der Waals surface area contributed by atoms with Crippen molar-refractivity contribution in [1.82, 2.24) is 10.6 Å². The first kappa shape index (κ1) is 15.9. The van der Waals surface area contributed by atoms with Crippen LogP contribution in [0, 0.1) is 5.82 Å². The summed E-state index contributed by atoms with van der Waals surface area (Å²) in [7, 11) is 0. The number of hydrogen-bond acceptors (Lipinski definition) is 3. The van der Waals surface area contributed by atoms with Crippen LogP contribution >= 0.6 is 0 Å². The zero-order chi connectivity index (χ0) is 15.3. The molecule has 5 nitrogen and oxygen atoms in total. The van der Waals surface area contributed by atoms with Crippen LogP contribution in [0.1, 0.15) is 37.6 Å². The van der Waals surface area contributed by atoms with Gasteiger partial charge in [-0.25, -0.2) is 4.39 Å². The third-order valence-electron chi connectivity index (χ3n) is 2.36. The summed E-state index contributed by atoms with van der Waals surface area (Å²) in [6.07, 6.45) is 0.130. The van der Waals surface area contributed by atoms with Gasteiger partial charge in [0.1, 0.15) is 11.6 Å². The van der Waals surface area contributed by atoms with E-state index in [0.717, 1.165) is 12.1 Å². The average molecular weight is 282 g/mol. The minimum Gasteiger partial charge on any atom is -0.507 e. The summed E-state index contributed by atoms with van der Waals surface area (Å²) in [6.45, 7) is 5.72. The molecule has 110 valence electrons.